The molecule has 20 heavy (non-hydrogen) atoms. The number of rotatable bonds is 4. The van der Waals surface area contributed by atoms with Gasteiger partial charge in [-0.1, -0.05) is 6.42 Å². The van der Waals surface area contributed by atoms with Crippen molar-refractivity contribution in [1.82, 2.24) is 15.2 Å². The highest BCUT2D eigenvalue weighted by Gasteiger charge is 2.32. The van der Waals surface area contributed by atoms with Gasteiger partial charge >= 0.3 is 0 Å². The number of amides is 1. The zero-order valence-corrected chi connectivity index (χ0v) is 13.0. The third kappa shape index (κ3) is 3.93. The Hall–Kier alpha value is -0.650. The average Bonchev–Trinajstić information content (AvgIpc) is 2.47. The number of piperidine rings is 2. The van der Waals surface area contributed by atoms with E-state index in [1.807, 2.05) is 13.8 Å². The van der Waals surface area contributed by atoms with E-state index in [-0.39, 0.29) is 5.91 Å². The summed E-state index contributed by atoms with van der Waals surface area (Å²) in [6.45, 7) is 9.49. The maximum atomic E-state index is 11.7. The highest BCUT2D eigenvalue weighted by Crippen LogP contribution is 2.24. The molecule has 2 fully saturated rings. The van der Waals surface area contributed by atoms with E-state index < -0.39 is 5.41 Å². The van der Waals surface area contributed by atoms with Crippen molar-refractivity contribution in [3.8, 4) is 0 Å². The monoisotopic (exact) mass is 282 g/mol. The lowest BCUT2D eigenvalue weighted by Crippen LogP contribution is -2.51. The molecule has 5 heteroatoms. The van der Waals surface area contributed by atoms with Gasteiger partial charge in [-0.3, -0.25) is 10.2 Å². The Balaban J connectivity index is 1.77. The molecule has 0 spiro atoms. The molecular weight excluding hydrogens is 252 g/mol. The van der Waals surface area contributed by atoms with Gasteiger partial charge < -0.3 is 9.80 Å². The van der Waals surface area contributed by atoms with Crippen LogP contribution in [0.25, 0.3) is 0 Å². The van der Waals surface area contributed by atoms with Crippen LogP contribution in [0.1, 0.15) is 46.0 Å². The number of hydrogen-bond acceptors (Lipinski definition) is 4. The molecule has 2 aliphatic rings. The van der Waals surface area contributed by atoms with E-state index in [9.17, 15) is 4.79 Å². The van der Waals surface area contributed by atoms with Crippen LogP contribution in [0.5, 0.6) is 0 Å². The van der Waals surface area contributed by atoms with Gasteiger partial charge in [0.1, 0.15) is 0 Å². The van der Waals surface area contributed by atoms with Crippen molar-refractivity contribution in [2.75, 3.05) is 32.7 Å². The van der Waals surface area contributed by atoms with Crippen LogP contribution < -0.4 is 11.3 Å². The van der Waals surface area contributed by atoms with Crippen LogP contribution in [0.4, 0.5) is 0 Å². The minimum atomic E-state index is -0.410. The number of carbonyl (C=O) groups is 1. The Morgan fingerprint density at radius 1 is 1.15 bits per heavy atom. The lowest BCUT2D eigenvalue weighted by molar-refractivity contribution is -0.130. The fourth-order valence-electron chi connectivity index (χ4n) is 3.55. The van der Waals surface area contributed by atoms with E-state index in [0.717, 1.165) is 25.7 Å². The molecule has 3 N–H and O–H groups in total. The van der Waals surface area contributed by atoms with Crippen LogP contribution in [-0.4, -0.2) is 54.5 Å². The summed E-state index contributed by atoms with van der Waals surface area (Å²) >= 11 is 0. The smallest absolute Gasteiger partial charge is 0.240 e. The molecular formula is C15H30N4O. The largest absolute Gasteiger partial charge is 0.302 e. The number of nitrogens with zero attached hydrogens (tertiary/aromatic N) is 2. The van der Waals surface area contributed by atoms with Crippen LogP contribution >= 0.6 is 0 Å². The first-order chi connectivity index (χ1) is 9.53. The van der Waals surface area contributed by atoms with Crippen molar-refractivity contribution in [2.45, 2.75) is 52.0 Å². The van der Waals surface area contributed by atoms with Crippen LogP contribution in [-0.2, 0) is 4.79 Å². The van der Waals surface area contributed by atoms with Gasteiger partial charge in [-0.25, -0.2) is 5.84 Å². The number of nitrogens with one attached hydrogen (secondary N) is 1. The average molecular weight is 282 g/mol. The zero-order valence-electron chi connectivity index (χ0n) is 13.0. The maximum absolute atomic E-state index is 11.7. The second kappa shape index (κ2) is 6.87. The molecule has 5 nitrogen and oxygen atoms in total. The van der Waals surface area contributed by atoms with E-state index in [1.165, 1.54) is 45.2 Å². The minimum absolute atomic E-state index is 0.0735. The first kappa shape index (κ1) is 15.7. The maximum Gasteiger partial charge on any atom is 0.240 e. The third-order valence-electron chi connectivity index (χ3n) is 4.83. The summed E-state index contributed by atoms with van der Waals surface area (Å²) in [5.74, 6) is 5.18. The molecule has 0 aliphatic carbocycles. The van der Waals surface area contributed by atoms with Crippen molar-refractivity contribution >= 4 is 5.91 Å². The van der Waals surface area contributed by atoms with Crippen LogP contribution in [0.15, 0.2) is 0 Å². The van der Waals surface area contributed by atoms with Gasteiger partial charge in [-0.05, 0) is 65.7 Å². The first-order valence-corrected chi connectivity index (χ1v) is 8.00. The number of hydrazine groups is 1. The number of hydrogen-bond donors (Lipinski definition) is 2. The van der Waals surface area contributed by atoms with Crippen molar-refractivity contribution in [1.29, 1.82) is 0 Å². The molecule has 0 radical (unpaired) electrons. The van der Waals surface area contributed by atoms with Gasteiger partial charge in [-0.2, -0.15) is 0 Å². The molecule has 0 bridgehead atoms. The predicted octanol–water partition coefficient (Wildman–Crippen LogP) is 0.953. The van der Waals surface area contributed by atoms with Gasteiger partial charge in [0.2, 0.25) is 5.91 Å². The number of likely N-dealkylation sites (tertiary alicyclic amines) is 2. The van der Waals surface area contributed by atoms with E-state index in [4.69, 9.17) is 5.84 Å². The summed E-state index contributed by atoms with van der Waals surface area (Å²) in [5, 5.41) is 0. The Morgan fingerprint density at radius 3 is 2.30 bits per heavy atom. The lowest BCUT2D eigenvalue weighted by atomic mass is 9.90. The lowest BCUT2D eigenvalue weighted by Gasteiger charge is -2.41. The van der Waals surface area contributed by atoms with Crippen molar-refractivity contribution < 1.29 is 4.79 Å². The van der Waals surface area contributed by atoms with Crippen molar-refractivity contribution in [3.05, 3.63) is 0 Å². The van der Waals surface area contributed by atoms with E-state index >= 15 is 0 Å². The highest BCUT2D eigenvalue weighted by molar-refractivity contribution is 5.81. The van der Waals surface area contributed by atoms with Gasteiger partial charge in [0.05, 0.1) is 5.41 Å². The van der Waals surface area contributed by atoms with Crippen LogP contribution in [0.3, 0.4) is 0 Å². The number of carbonyl (C=O) groups excluding carboxylic acids is 1. The molecule has 116 valence electrons. The van der Waals surface area contributed by atoms with Gasteiger partial charge in [0.15, 0.2) is 0 Å². The second-order valence-corrected chi connectivity index (χ2v) is 6.96. The highest BCUT2D eigenvalue weighted by atomic mass is 16.2. The van der Waals surface area contributed by atoms with Gasteiger partial charge in [-0.15, -0.1) is 0 Å². The van der Waals surface area contributed by atoms with E-state index in [1.54, 1.807) is 0 Å². The second-order valence-electron chi connectivity index (χ2n) is 6.96. The summed E-state index contributed by atoms with van der Waals surface area (Å²) in [4.78, 5) is 16.8. The summed E-state index contributed by atoms with van der Waals surface area (Å²) in [6, 6.07) is 0.762. The van der Waals surface area contributed by atoms with Crippen LogP contribution in [0, 0.1) is 5.41 Å². The Bertz CT molecular complexity index is 318. The van der Waals surface area contributed by atoms with E-state index in [2.05, 4.69) is 15.2 Å². The predicted molar refractivity (Wildman–Crippen MR) is 81.0 cm³/mol. The fourth-order valence-corrected chi connectivity index (χ4v) is 3.55. The molecule has 0 aromatic heterocycles. The molecule has 2 aliphatic heterocycles. The molecule has 0 aromatic rings. The Kier molecular flexibility index (Phi) is 5.41. The number of nitrogens with two attached hydrogens (primary N) is 1. The van der Waals surface area contributed by atoms with Gasteiger partial charge in [0.25, 0.3) is 0 Å². The normalized spacial score (nSPS) is 23.8. The SMILES string of the molecule is CC(C)(CN1CCC(N2CCCCC2)CC1)C(=O)NN. The molecule has 0 saturated carbocycles. The Labute approximate surface area is 122 Å². The topological polar surface area (TPSA) is 61.6 Å². The molecule has 2 heterocycles. The summed E-state index contributed by atoms with van der Waals surface area (Å²) < 4.78 is 0. The summed E-state index contributed by atoms with van der Waals surface area (Å²) in [5.41, 5.74) is 1.87. The molecule has 2 rings (SSSR count). The quantitative estimate of drug-likeness (QED) is 0.458. The van der Waals surface area contributed by atoms with Gasteiger partial charge in [0, 0.05) is 12.6 Å². The van der Waals surface area contributed by atoms with Crippen molar-refractivity contribution in [3.63, 3.8) is 0 Å². The molecule has 1 amide bonds. The molecule has 0 unspecified atom stereocenters. The first-order valence-electron chi connectivity index (χ1n) is 8.00. The molecule has 2 saturated heterocycles. The third-order valence-corrected chi connectivity index (χ3v) is 4.83. The molecule has 0 atom stereocenters. The zero-order chi connectivity index (χ0) is 14.6. The standard InChI is InChI=1S/C15H30N4O/c1-15(2,14(20)17-16)12-18-10-6-13(7-11-18)19-8-4-3-5-9-19/h13H,3-12,16H2,1-2H3,(H,17,20). The summed E-state index contributed by atoms with van der Waals surface area (Å²) in [6.07, 6.45) is 6.60. The molecule has 0 aromatic carbocycles. The van der Waals surface area contributed by atoms with Crippen LogP contribution in [0.2, 0.25) is 0 Å². The Morgan fingerprint density at radius 2 is 1.75 bits per heavy atom. The van der Waals surface area contributed by atoms with Crippen molar-refractivity contribution in [2.24, 2.45) is 11.3 Å². The van der Waals surface area contributed by atoms with E-state index in [0.29, 0.717) is 0 Å². The minimum Gasteiger partial charge on any atom is -0.302 e. The fraction of sp³-hybridized carbons (Fsp3) is 0.933. The summed E-state index contributed by atoms with van der Waals surface area (Å²) in [7, 11) is 0.